The number of carbonyl (C=O) groups excluding carboxylic acids is 1. The van der Waals surface area contributed by atoms with Crippen LogP contribution in [0, 0.1) is 5.82 Å². The number of nitrogens with zero attached hydrogens (tertiary/aromatic N) is 2. The van der Waals surface area contributed by atoms with Crippen molar-refractivity contribution in [3.05, 3.63) is 77.6 Å². The molecule has 0 spiro atoms. The second-order valence-corrected chi connectivity index (χ2v) is 6.29. The number of benzene rings is 2. The number of amides is 1. The standard InChI is InChI=1S/C21H23FN2O/c22-20-8-4-7-19(17-20)9-10-21(25)24-15-13-23(14-16-24)12-11-18-5-2-1-3-6-18/h1-10,17H,11-16H2/b10-9+. The van der Waals surface area contributed by atoms with Gasteiger partial charge in [0.25, 0.3) is 0 Å². The highest BCUT2D eigenvalue weighted by Gasteiger charge is 2.19. The smallest absolute Gasteiger partial charge is 0.246 e. The van der Waals surface area contributed by atoms with Gasteiger partial charge in [0.2, 0.25) is 5.91 Å². The molecule has 4 heteroatoms. The van der Waals surface area contributed by atoms with E-state index >= 15 is 0 Å². The summed E-state index contributed by atoms with van der Waals surface area (Å²) in [5.74, 6) is -0.298. The van der Waals surface area contributed by atoms with E-state index in [1.807, 2.05) is 11.0 Å². The predicted molar refractivity (Wildman–Crippen MR) is 98.6 cm³/mol. The average molecular weight is 338 g/mol. The Labute approximate surface area is 148 Å². The molecule has 0 saturated carbocycles. The van der Waals surface area contributed by atoms with Crippen molar-refractivity contribution < 1.29 is 9.18 Å². The zero-order valence-electron chi connectivity index (χ0n) is 14.3. The SMILES string of the molecule is O=C(/C=C/c1cccc(F)c1)N1CCN(CCc2ccccc2)CC1. The first-order valence-corrected chi connectivity index (χ1v) is 8.69. The summed E-state index contributed by atoms with van der Waals surface area (Å²) in [5, 5.41) is 0. The lowest BCUT2D eigenvalue weighted by Crippen LogP contribution is -2.48. The van der Waals surface area contributed by atoms with Gasteiger partial charge in [-0.05, 0) is 35.8 Å². The van der Waals surface area contributed by atoms with Gasteiger partial charge in [0.05, 0.1) is 0 Å². The molecule has 1 aliphatic heterocycles. The summed E-state index contributed by atoms with van der Waals surface area (Å²) >= 11 is 0. The van der Waals surface area contributed by atoms with Gasteiger partial charge in [-0.25, -0.2) is 4.39 Å². The fourth-order valence-electron chi connectivity index (χ4n) is 3.01. The third kappa shape index (κ3) is 5.26. The average Bonchev–Trinajstić information content (AvgIpc) is 2.66. The lowest BCUT2D eigenvalue weighted by Gasteiger charge is -2.34. The molecule has 3 nitrogen and oxygen atoms in total. The number of hydrogen-bond donors (Lipinski definition) is 0. The van der Waals surface area contributed by atoms with Crippen molar-refractivity contribution in [2.24, 2.45) is 0 Å². The topological polar surface area (TPSA) is 23.6 Å². The molecule has 2 aromatic rings. The third-order valence-corrected chi connectivity index (χ3v) is 4.51. The first kappa shape index (κ1) is 17.4. The van der Waals surface area contributed by atoms with E-state index in [-0.39, 0.29) is 11.7 Å². The Balaban J connectivity index is 1.44. The maximum absolute atomic E-state index is 13.1. The number of hydrogen-bond acceptors (Lipinski definition) is 2. The minimum absolute atomic E-state index is 0.00743. The molecule has 2 aromatic carbocycles. The summed E-state index contributed by atoms with van der Waals surface area (Å²) < 4.78 is 13.1. The Kier molecular flexibility index (Phi) is 5.96. The molecule has 0 radical (unpaired) electrons. The number of halogens is 1. The van der Waals surface area contributed by atoms with Gasteiger partial charge in [-0.1, -0.05) is 42.5 Å². The Bertz CT molecular complexity index is 722. The van der Waals surface area contributed by atoms with E-state index in [0.717, 1.165) is 39.1 Å². The maximum atomic E-state index is 13.1. The van der Waals surface area contributed by atoms with Crippen LogP contribution in [0.5, 0.6) is 0 Å². The fourth-order valence-corrected chi connectivity index (χ4v) is 3.01. The molecule has 3 rings (SSSR count). The van der Waals surface area contributed by atoms with Gasteiger partial charge in [-0.2, -0.15) is 0 Å². The summed E-state index contributed by atoms with van der Waals surface area (Å²) in [6.45, 7) is 4.28. The van der Waals surface area contributed by atoms with Crippen LogP contribution in [-0.2, 0) is 11.2 Å². The minimum atomic E-state index is -0.290. The van der Waals surface area contributed by atoms with Gasteiger partial charge in [0, 0.05) is 38.8 Å². The van der Waals surface area contributed by atoms with Crippen LogP contribution in [0.2, 0.25) is 0 Å². The van der Waals surface area contributed by atoms with Gasteiger partial charge >= 0.3 is 0 Å². The summed E-state index contributed by atoms with van der Waals surface area (Å²) in [4.78, 5) is 16.5. The highest BCUT2D eigenvalue weighted by molar-refractivity contribution is 5.91. The molecule has 1 fully saturated rings. The molecule has 1 amide bonds. The van der Waals surface area contributed by atoms with Crippen LogP contribution in [0.4, 0.5) is 4.39 Å². The number of carbonyl (C=O) groups is 1. The maximum Gasteiger partial charge on any atom is 0.246 e. The summed E-state index contributed by atoms with van der Waals surface area (Å²) in [7, 11) is 0. The van der Waals surface area contributed by atoms with E-state index < -0.39 is 0 Å². The first-order valence-electron chi connectivity index (χ1n) is 8.69. The van der Waals surface area contributed by atoms with Crippen LogP contribution in [-0.4, -0.2) is 48.4 Å². The largest absolute Gasteiger partial charge is 0.337 e. The van der Waals surface area contributed by atoms with E-state index in [1.54, 1.807) is 18.2 Å². The second kappa shape index (κ2) is 8.58. The lowest BCUT2D eigenvalue weighted by molar-refractivity contribution is -0.127. The van der Waals surface area contributed by atoms with Crippen LogP contribution in [0.1, 0.15) is 11.1 Å². The molecular formula is C21H23FN2O. The van der Waals surface area contributed by atoms with Crippen molar-refractivity contribution in [3.63, 3.8) is 0 Å². The Morgan fingerprint density at radius 1 is 1.00 bits per heavy atom. The highest BCUT2D eigenvalue weighted by Crippen LogP contribution is 2.08. The third-order valence-electron chi connectivity index (χ3n) is 4.51. The molecular weight excluding hydrogens is 315 g/mol. The van der Waals surface area contributed by atoms with Crippen LogP contribution >= 0.6 is 0 Å². The van der Waals surface area contributed by atoms with Gasteiger partial charge in [0.15, 0.2) is 0 Å². The Hall–Kier alpha value is -2.46. The van der Waals surface area contributed by atoms with E-state index in [0.29, 0.717) is 5.56 Å². The predicted octanol–water partition coefficient (Wildman–Crippen LogP) is 3.23. The van der Waals surface area contributed by atoms with Crippen molar-refractivity contribution in [1.82, 2.24) is 9.80 Å². The quantitative estimate of drug-likeness (QED) is 0.782. The van der Waals surface area contributed by atoms with E-state index in [9.17, 15) is 9.18 Å². The van der Waals surface area contributed by atoms with E-state index in [1.165, 1.54) is 23.8 Å². The molecule has 25 heavy (non-hydrogen) atoms. The van der Waals surface area contributed by atoms with Crippen molar-refractivity contribution in [3.8, 4) is 0 Å². The number of piperazine rings is 1. The molecule has 1 aliphatic rings. The summed E-state index contributed by atoms with van der Waals surface area (Å²) in [6.07, 6.45) is 4.25. The van der Waals surface area contributed by atoms with Crippen LogP contribution in [0.25, 0.3) is 6.08 Å². The zero-order chi connectivity index (χ0) is 17.5. The summed E-state index contributed by atoms with van der Waals surface area (Å²) in [5.41, 5.74) is 2.05. The normalized spacial score (nSPS) is 15.6. The molecule has 0 aromatic heterocycles. The summed E-state index contributed by atoms with van der Waals surface area (Å²) in [6, 6.07) is 16.7. The van der Waals surface area contributed by atoms with Crippen molar-refractivity contribution in [2.75, 3.05) is 32.7 Å². The van der Waals surface area contributed by atoms with Crippen LogP contribution < -0.4 is 0 Å². The van der Waals surface area contributed by atoms with Gasteiger partial charge in [-0.15, -0.1) is 0 Å². The van der Waals surface area contributed by atoms with E-state index in [2.05, 4.69) is 29.2 Å². The molecule has 0 aliphatic carbocycles. The highest BCUT2D eigenvalue weighted by atomic mass is 19.1. The van der Waals surface area contributed by atoms with Crippen LogP contribution in [0.15, 0.2) is 60.7 Å². The van der Waals surface area contributed by atoms with E-state index in [4.69, 9.17) is 0 Å². The minimum Gasteiger partial charge on any atom is -0.337 e. The first-order chi connectivity index (χ1) is 12.2. The molecule has 1 heterocycles. The second-order valence-electron chi connectivity index (χ2n) is 6.29. The molecule has 0 N–H and O–H groups in total. The lowest BCUT2D eigenvalue weighted by atomic mass is 10.1. The Morgan fingerprint density at radius 2 is 1.76 bits per heavy atom. The van der Waals surface area contributed by atoms with Crippen molar-refractivity contribution >= 4 is 12.0 Å². The van der Waals surface area contributed by atoms with Gasteiger partial charge in [0.1, 0.15) is 5.82 Å². The van der Waals surface area contributed by atoms with Crippen molar-refractivity contribution in [2.45, 2.75) is 6.42 Å². The molecule has 0 unspecified atom stereocenters. The molecule has 0 atom stereocenters. The monoisotopic (exact) mass is 338 g/mol. The molecule has 0 bridgehead atoms. The van der Waals surface area contributed by atoms with Gasteiger partial charge in [-0.3, -0.25) is 9.69 Å². The number of rotatable bonds is 5. The molecule has 1 saturated heterocycles. The Morgan fingerprint density at radius 3 is 2.48 bits per heavy atom. The fraction of sp³-hybridized carbons (Fsp3) is 0.286. The molecule has 130 valence electrons. The van der Waals surface area contributed by atoms with Gasteiger partial charge < -0.3 is 4.90 Å². The van der Waals surface area contributed by atoms with Crippen molar-refractivity contribution in [1.29, 1.82) is 0 Å². The zero-order valence-corrected chi connectivity index (χ0v) is 14.3. The van der Waals surface area contributed by atoms with Crippen LogP contribution in [0.3, 0.4) is 0 Å².